The molecule has 0 radical (unpaired) electrons. The highest BCUT2D eigenvalue weighted by atomic mass is 16.2. The van der Waals surface area contributed by atoms with Gasteiger partial charge in [0, 0.05) is 60.4 Å². The Morgan fingerprint density at radius 1 is 0.636 bits per heavy atom. The van der Waals surface area contributed by atoms with Gasteiger partial charge in [-0.2, -0.15) is 0 Å². The minimum Gasteiger partial charge on any atom is -0.341 e. The smallest absolute Gasteiger partial charge is 0.314 e. The Kier molecular flexibility index (Phi) is 11.2. The Morgan fingerprint density at radius 2 is 0.909 bits per heavy atom. The molecule has 6 amide bonds. The molecule has 0 fully saturated rings. The molecule has 0 unspecified atom stereocenters. The van der Waals surface area contributed by atoms with Gasteiger partial charge in [-0.05, 0) is 0 Å². The average molecular weight is 317 g/mol. The number of rotatable bonds is 9. The second kappa shape index (κ2) is 12.5. The van der Waals surface area contributed by atoms with Gasteiger partial charge in [0.1, 0.15) is 0 Å². The van der Waals surface area contributed by atoms with Crippen molar-refractivity contribution in [3.8, 4) is 0 Å². The molecule has 0 aromatic heterocycles. The molecule has 10 heteroatoms. The summed E-state index contributed by atoms with van der Waals surface area (Å²) < 4.78 is 0. The lowest BCUT2D eigenvalue weighted by Crippen LogP contribution is -2.45. The van der Waals surface area contributed by atoms with Gasteiger partial charge < -0.3 is 31.9 Å². The summed E-state index contributed by atoms with van der Waals surface area (Å²) in [6.45, 7) is 3.24. The fourth-order valence-corrected chi connectivity index (χ4v) is 1.58. The van der Waals surface area contributed by atoms with Gasteiger partial charge in [0.05, 0.1) is 0 Å². The zero-order chi connectivity index (χ0) is 16.8. The first-order valence-corrected chi connectivity index (χ1v) is 7.12. The molecule has 0 aliphatic carbocycles. The lowest BCUT2D eigenvalue weighted by molar-refractivity contribution is 0.230. The predicted octanol–water partition coefficient (Wildman–Crippen LogP) is -1.92. The van der Waals surface area contributed by atoms with Gasteiger partial charge in [-0.3, -0.25) is 4.90 Å². The molecule has 22 heavy (non-hydrogen) atoms. The highest BCUT2D eigenvalue weighted by Crippen LogP contribution is 1.86. The van der Waals surface area contributed by atoms with Crippen LogP contribution in [0.2, 0.25) is 0 Å². The van der Waals surface area contributed by atoms with Crippen LogP contribution in [0.15, 0.2) is 0 Å². The summed E-state index contributed by atoms with van der Waals surface area (Å²) in [5.41, 5.74) is 0. The average Bonchev–Trinajstić information content (AvgIpc) is 2.53. The Hall–Kier alpha value is -2.23. The molecule has 0 aliphatic rings. The van der Waals surface area contributed by atoms with E-state index in [0.29, 0.717) is 39.3 Å². The summed E-state index contributed by atoms with van der Waals surface area (Å²) in [7, 11) is 4.65. The minimum atomic E-state index is -0.244. The van der Waals surface area contributed by atoms with Crippen molar-refractivity contribution in [2.24, 2.45) is 0 Å². The van der Waals surface area contributed by atoms with Crippen LogP contribution in [0.25, 0.3) is 0 Å². The van der Waals surface area contributed by atoms with Crippen LogP contribution < -0.4 is 31.9 Å². The first kappa shape index (κ1) is 19.8. The number of nitrogens with zero attached hydrogens (tertiary/aromatic N) is 1. The summed E-state index contributed by atoms with van der Waals surface area (Å²) in [4.78, 5) is 35.3. The maximum Gasteiger partial charge on any atom is 0.314 e. The topological polar surface area (TPSA) is 127 Å². The summed E-state index contributed by atoms with van der Waals surface area (Å²) in [5.74, 6) is 0. The van der Waals surface area contributed by atoms with Crippen LogP contribution in [0.4, 0.5) is 14.4 Å². The Labute approximate surface area is 130 Å². The molecule has 0 aromatic carbocycles. The predicted molar refractivity (Wildman–Crippen MR) is 83.8 cm³/mol. The second-order valence-electron chi connectivity index (χ2n) is 4.36. The van der Waals surface area contributed by atoms with Crippen molar-refractivity contribution in [1.29, 1.82) is 0 Å². The number of carbonyl (C=O) groups is 3. The molecule has 6 N–H and O–H groups in total. The maximum absolute atomic E-state index is 11.1. The Balaban J connectivity index is 4.09. The van der Waals surface area contributed by atoms with Crippen LogP contribution in [-0.4, -0.2) is 83.4 Å². The lowest BCUT2D eigenvalue weighted by atomic mass is 10.4. The van der Waals surface area contributed by atoms with E-state index in [9.17, 15) is 14.4 Å². The molecule has 0 rings (SSSR count). The van der Waals surface area contributed by atoms with Crippen LogP contribution in [-0.2, 0) is 0 Å². The van der Waals surface area contributed by atoms with Gasteiger partial charge >= 0.3 is 18.1 Å². The van der Waals surface area contributed by atoms with E-state index in [0.717, 1.165) is 0 Å². The van der Waals surface area contributed by atoms with E-state index < -0.39 is 0 Å². The second-order valence-corrected chi connectivity index (χ2v) is 4.36. The van der Waals surface area contributed by atoms with E-state index in [-0.39, 0.29) is 18.1 Å². The summed E-state index contributed by atoms with van der Waals surface area (Å²) >= 11 is 0. The molecule has 0 atom stereocenters. The zero-order valence-electron chi connectivity index (χ0n) is 13.4. The Morgan fingerprint density at radius 3 is 1.14 bits per heavy atom. The third-order valence-electron chi connectivity index (χ3n) is 2.82. The molecule has 0 bridgehead atoms. The monoisotopic (exact) mass is 317 g/mol. The van der Waals surface area contributed by atoms with Crippen molar-refractivity contribution >= 4 is 18.1 Å². The number of urea groups is 3. The van der Waals surface area contributed by atoms with Gasteiger partial charge in [0.2, 0.25) is 0 Å². The first-order chi connectivity index (χ1) is 10.5. The van der Waals surface area contributed by atoms with E-state index in [4.69, 9.17) is 0 Å². The van der Waals surface area contributed by atoms with Gasteiger partial charge in [-0.25, -0.2) is 14.4 Å². The number of hydrogen-bond donors (Lipinski definition) is 6. The molecule has 10 nitrogen and oxygen atoms in total. The summed E-state index contributed by atoms with van der Waals surface area (Å²) in [6.07, 6.45) is 0. The summed E-state index contributed by atoms with van der Waals surface area (Å²) in [5, 5.41) is 15.5. The molecule has 0 heterocycles. The van der Waals surface area contributed by atoms with Crippen molar-refractivity contribution in [3.05, 3.63) is 0 Å². The van der Waals surface area contributed by atoms with Crippen LogP contribution in [0.1, 0.15) is 0 Å². The van der Waals surface area contributed by atoms with E-state index in [1.807, 2.05) is 4.90 Å². The van der Waals surface area contributed by atoms with Crippen LogP contribution in [0.5, 0.6) is 0 Å². The molecular weight excluding hydrogens is 290 g/mol. The normalized spacial score (nSPS) is 9.82. The summed E-state index contributed by atoms with van der Waals surface area (Å²) in [6, 6.07) is -0.731. The quantitative estimate of drug-likeness (QED) is 0.296. The van der Waals surface area contributed by atoms with Gasteiger partial charge in [0.15, 0.2) is 0 Å². The van der Waals surface area contributed by atoms with Crippen LogP contribution in [0, 0.1) is 0 Å². The molecule has 0 spiro atoms. The van der Waals surface area contributed by atoms with Crippen molar-refractivity contribution in [2.45, 2.75) is 0 Å². The van der Waals surface area contributed by atoms with Crippen LogP contribution in [0.3, 0.4) is 0 Å². The van der Waals surface area contributed by atoms with Gasteiger partial charge in [0.25, 0.3) is 0 Å². The highest BCUT2D eigenvalue weighted by molar-refractivity contribution is 5.74. The molecule has 0 aromatic rings. The molecule has 0 aliphatic heterocycles. The van der Waals surface area contributed by atoms with Gasteiger partial charge in [-0.1, -0.05) is 0 Å². The van der Waals surface area contributed by atoms with Gasteiger partial charge in [-0.15, -0.1) is 0 Å². The number of nitrogens with one attached hydrogen (secondary N) is 6. The third-order valence-corrected chi connectivity index (χ3v) is 2.82. The highest BCUT2D eigenvalue weighted by Gasteiger charge is 2.07. The Bertz CT molecular complexity index is 299. The van der Waals surface area contributed by atoms with E-state index in [1.54, 1.807) is 21.1 Å². The largest absolute Gasteiger partial charge is 0.341 e. The van der Waals surface area contributed by atoms with E-state index in [2.05, 4.69) is 31.9 Å². The molecular formula is C12H27N7O3. The number of carbonyl (C=O) groups excluding carboxylic acids is 3. The number of hydrogen-bond acceptors (Lipinski definition) is 4. The maximum atomic E-state index is 11.1. The van der Waals surface area contributed by atoms with Crippen molar-refractivity contribution in [1.82, 2.24) is 36.8 Å². The van der Waals surface area contributed by atoms with E-state index in [1.165, 1.54) is 0 Å². The SMILES string of the molecule is CNC(=O)NCCN(CCNC(=O)NC)CCNC(=O)NC. The minimum absolute atomic E-state index is 0.244. The van der Waals surface area contributed by atoms with Crippen LogP contribution >= 0.6 is 0 Å². The first-order valence-electron chi connectivity index (χ1n) is 7.12. The zero-order valence-corrected chi connectivity index (χ0v) is 13.4. The fraction of sp³-hybridized carbons (Fsp3) is 0.750. The van der Waals surface area contributed by atoms with Crippen molar-refractivity contribution in [2.75, 3.05) is 60.4 Å². The molecule has 128 valence electrons. The molecule has 0 saturated carbocycles. The third kappa shape index (κ3) is 10.5. The van der Waals surface area contributed by atoms with Crippen molar-refractivity contribution < 1.29 is 14.4 Å². The standard InChI is InChI=1S/C12H27N7O3/c1-13-10(20)16-4-7-19(8-5-17-11(21)14-2)9-6-18-12(22)15-3/h4-9H2,1-3H3,(H2,13,16,20)(H2,14,17,21)(H2,15,18,22). The van der Waals surface area contributed by atoms with Crippen molar-refractivity contribution in [3.63, 3.8) is 0 Å². The lowest BCUT2D eigenvalue weighted by Gasteiger charge is -2.22. The number of amides is 6. The molecule has 0 saturated heterocycles. The van der Waals surface area contributed by atoms with E-state index >= 15 is 0 Å². The fourth-order valence-electron chi connectivity index (χ4n) is 1.58.